The van der Waals surface area contributed by atoms with Crippen molar-refractivity contribution in [2.75, 3.05) is 19.7 Å². The molecular weight excluding hydrogens is 377 g/mol. The molecule has 7 nitrogen and oxygen atoms in total. The summed E-state index contributed by atoms with van der Waals surface area (Å²) in [6.45, 7) is 0.204. The monoisotopic (exact) mass is 391 g/mol. The predicted octanol–water partition coefficient (Wildman–Crippen LogP) is 3.24. The van der Waals surface area contributed by atoms with Crippen molar-refractivity contribution in [2.45, 2.75) is 12.2 Å². The van der Waals surface area contributed by atoms with Gasteiger partial charge in [-0.05, 0) is 29.8 Å². The quantitative estimate of drug-likeness (QED) is 0.862. The van der Waals surface area contributed by atoms with Crippen LogP contribution in [0.4, 0.5) is 9.18 Å². The second kappa shape index (κ2) is 8.20. The van der Waals surface area contributed by atoms with E-state index in [1.807, 2.05) is 6.07 Å². The van der Waals surface area contributed by atoms with Crippen molar-refractivity contribution in [2.24, 2.45) is 0 Å². The van der Waals surface area contributed by atoms with Gasteiger partial charge in [-0.25, -0.2) is 14.2 Å². The van der Waals surface area contributed by atoms with Gasteiger partial charge in [0.1, 0.15) is 29.7 Å². The Labute approximate surface area is 159 Å². The molecule has 0 aliphatic carbocycles. The number of pyridine rings is 1. The average molecular weight is 392 g/mol. The number of benzene rings is 1. The molecule has 1 N–H and O–H groups in total. The van der Waals surface area contributed by atoms with E-state index in [0.29, 0.717) is 5.56 Å². The molecule has 1 aromatic heterocycles. The maximum Gasteiger partial charge on any atom is 0.407 e. The van der Waals surface area contributed by atoms with Crippen LogP contribution in [0.3, 0.4) is 0 Å². The minimum absolute atomic E-state index is 0.0338. The smallest absolute Gasteiger partial charge is 0.407 e. The SMILES string of the molecule is N#Cc1cccnc1OC1CN(C(=O)O)CCOC1c1ccc(Cl)c(F)c1. The van der Waals surface area contributed by atoms with E-state index in [0.717, 1.165) is 4.90 Å². The first-order chi connectivity index (χ1) is 13.0. The minimum atomic E-state index is -1.13. The molecule has 0 saturated carbocycles. The van der Waals surface area contributed by atoms with Crippen LogP contribution in [0.25, 0.3) is 0 Å². The van der Waals surface area contributed by atoms with E-state index < -0.39 is 24.1 Å². The lowest BCUT2D eigenvalue weighted by atomic mass is 10.0. The van der Waals surface area contributed by atoms with Gasteiger partial charge in [0.05, 0.1) is 18.2 Å². The lowest BCUT2D eigenvalue weighted by Gasteiger charge is -2.27. The molecule has 0 spiro atoms. The lowest BCUT2D eigenvalue weighted by molar-refractivity contribution is -0.0111. The Bertz CT molecular complexity index is 889. The number of nitrogens with zero attached hydrogens (tertiary/aromatic N) is 3. The van der Waals surface area contributed by atoms with E-state index in [4.69, 9.17) is 21.1 Å². The van der Waals surface area contributed by atoms with E-state index >= 15 is 0 Å². The van der Waals surface area contributed by atoms with Crippen molar-refractivity contribution in [3.63, 3.8) is 0 Å². The van der Waals surface area contributed by atoms with Crippen LogP contribution >= 0.6 is 11.6 Å². The Hall–Kier alpha value is -2.89. The number of carboxylic acid groups (broad SMARTS) is 1. The number of hydrogen-bond acceptors (Lipinski definition) is 5. The highest BCUT2D eigenvalue weighted by atomic mass is 35.5. The molecule has 2 atom stereocenters. The van der Waals surface area contributed by atoms with Crippen molar-refractivity contribution in [1.82, 2.24) is 9.88 Å². The first-order valence-corrected chi connectivity index (χ1v) is 8.43. The van der Waals surface area contributed by atoms with Crippen molar-refractivity contribution >= 4 is 17.7 Å². The molecule has 2 aromatic rings. The maximum atomic E-state index is 13.9. The number of ether oxygens (including phenoxy) is 2. The average Bonchev–Trinajstić information content (AvgIpc) is 2.87. The van der Waals surface area contributed by atoms with Gasteiger partial charge in [0.2, 0.25) is 5.88 Å². The minimum Gasteiger partial charge on any atom is -0.468 e. The topological polar surface area (TPSA) is 95.7 Å². The zero-order valence-corrected chi connectivity index (χ0v) is 14.8. The van der Waals surface area contributed by atoms with Crippen LogP contribution in [0.2, 0.25) is 5.02 Å². The molecule has 2 heterocycles. The Balaban J connectivity index is 1.96. The third-order valence-corrected chi connectivity index (χ3v) is 4.40. The summed E-state index contributed by atoms with van der Waals surface area (Å²) in [5.74, 6) is -0.563. The van der Waals surface area contributed by atoms with Crippen LogP contribution in [-0.2, 0) is 4.74 Å². The highest BCUT2D eigenvalue weighted by Gasteiger charge is 2.34. The normalized spacial score (nSPS) is 19.8. The lowest BCUT2D eigenvalue weighted by Crippen LogP contribution is -2.40. The molecule has 1 amide bonds. The predicted molar refractivity (Wildman–Crippen MR) is 93.1 cm³/mol. The number of hydrogen-bond donors (Lipinski definition) is 1. The number of aromatic nitrogens is 1. The van der Waals surface area contributed by atoms with Crippen molar-refractivity contribution in [3.05, 3.63) is 58.5 Å². The first-order valence-electron chi connectivity index (χ1n) is 8.06. The third-order valence-electron chi connectivity index (χ3n) is 4.09. The van der Waals surface area contributed by atoms with Crippen LogP contribution in [-0.4, -0.2) is 46.9 Å². The standard InChI is InChI=1S/C18H15ClFN3O4/c19-13-4-3-11(8-14(13)20)16-15(10-23(18(24)25)6-7-26-16)27-17-12(9-21)2-1-5-22-17/h1-5,8,15-16H,6-7,10H2,(H,24,25). The second-order valence-corrected chi connectivity index (χ2v) is 6.22. The summed E-state index contributed by atoms with van der Waals surface area (Å²) in [6, 6.07) is 9.30. The molecule has 1 fully saturated rings. The summed E-state index contributed by atoms with van der Waals surface area (Å²) in [4.78, 5) is 16.6. The Kier molecular flexibility index (Phi) is 5.74. The highest BCUT2D eigenvalue weighted by Crippen LogP contribution is 2.30. The molecule has 2 unspecified atom stereocenters. The number of halogens is 2. The van der Waals surface area contributed by atoms with Crippen LogP contribution in [0.1, 0.15) is 17.2 Å². The fraction of sp³-hybridized carbons (Fsp3) is 0.278. The Morgan fingerprint density at radius 3 is 3.00 bits per heavy atom. The molecular formula is C18H15ClFN3O4. The van der Waals surface area contributed by atoms with Gasteiger partial charge in [0.15, 0.2) is 0 Å². The summed E-state index contributed by atoms with van der Waals surface area (Å²) in [5, 5.41) is 18.5. The van der Waals surface area contributed by atoms with Crippen LogP contribution < -0.4 is 4.74 Å². The molecule has 1 aliphatic heterocycles. The van der Waals surface area contributed by atoms with Gasteiger partial charge in [0, 0.05) is 12.7 Å². The molecule has 27 heavy (non-hydrogen) atoms. The van der Waals surface area contributed by atoms with Gasteiger partial charge < -0.3 is 19.5 Å². The van der Waals surface area contributed by atoms with Gasteiger partial charge in [-0.3, -0.25) is 0 Å². The first kappa shape index (κ1) is 18.9. The molecule has 0 bridgehead atoms. The van der Waals surface area contributed by atoms with Gasteiger partial charge in [-0.2, -0.15) is 5.26 Å². The zero-order valence-electron chi connectivity index (χ0n) is 14.0. The van der Waals surface area contributed by atoms with Gasteiger partial charge in [-0.15, -0.1) is 0 Å². The van der Waals surface area contributed by atoms with Crippen LogP contribution in [0.5, 0.6) is 5.88 Å². The fourth-order valence-electron chi connectivity index (χ4n) is 2.79. The summed E-state index contributed by atoms with van der Waals surface area (Å²) < 4.78 is 25.6. The fourth-order valence-corrected chi connectivity index (χ4v) is 2.91. The number of nitriles is 1. The van der Waals surface area contributed by atoms with Gasteiger partial charge >= 0.3 is 6.09 Å². The van der Waals surface area contributed by atoms with E-state index in [2.05, 4.69) is 4.98 Å². The summed E-state index contributed by atoms with van der Waals surface area (Å²) in [7, 11) is 0. The van der Waals surface area contributed by atoms with Crippen molar-refractivity contribution in [1.29, 1.82) is 5.26 Å². The number of amides is 1. The van der Waals surface area contributed by atoms with Gasteiger partial charge in [-0.1, -0.05) is 17.7 Å². The second-order valence-electron chi connectivity index (χ2n) is 5.82. The van der Waals surface area contributed by atoms with Crippen LogP contribution in [0, 0.1) is 17.1 Å². The molecule has 9 heteroatoms. The summed E-state index contributed by atoms with van der Waals surface area (Å²) in [6.07, 6.45) is -1.28. The highest BCUT2D eigenvalue weighted by molar-refractivity contribution is 6.30. The van der Waals surface area contributed by atoms with E-state index in [9.17, 15) is 19.6 Å². The molecule has 1 saturated heterocycles. The van der Waals surface area contributed by atoms with Crippen LogP contribution in [0.15, 0.2) is 36.5 Å². The third kappa shape index (κ3) is 4.27. The van der Waals surface area contributed by atoms with E-state index in [1.165, 1.54) is 24.4 Å². The Morgan fingerprint density at radius 2 is 2.30 bits per heavy atom. The molecule has 1 aromatic carbocycles. The van der Waals surface area contributed by atoms with Crippen molar-refractivity contribution in [3.8, 4) is 11.9 Å². The number of carbonyl (C=O) groups is 1. The maximum absolute atomic E-state index is 13.9. The summed E-state index contributed by atoms with van der Waals surface area (Å²) >= 11 is 5.74. The molecule has 140 valence electrons. The molecule has 3 rings (SSSR count). The van der Waals surface area contributed by atoms with E-state index in [-0.39, 0.29) is 36.2 Å². The number of rotatable bonds is 3. The van der Waals surface area contributed by atoms with Crippen molar-refractivity contribution < 1.29 is 23.8 Å². The summed E-state index contributed by atoms with van der Waals surface area (Å²) in [5.41, 5.74) is 0.647. The largest absolute Gasteiger partial charge is 0.468 e. The zero-order chi connectivity index (χ0) is 19.4. The van der Waals surface area contributed by atoms with E-state index in [1.54, 1.807) is 12.1 Å². The molecule has 0 radical (unpaired) electrons. The Morgan fingerprint density at radius 1 is 1.48 bits per heavy atom. The molecule has 1 aliphatic rings. The van der Waals surface area contributed by atoms with Gasteiger partial charge in [0.25, 0.3) is 0 Å².